The highest BCUT2D eigenvalue weighted by Crippen LogP contribution is 1.94. The molecule has 3 heteroatoms. The van der Waals surface area contributed by atoms with Gasteiger partial charge in [-0.1, -0.05) is 0 Å². The van der Waals surface area contributed by atoms with Crippen LogP contribution in [0.1, 0.15) is 23.1 Å². The molecule has 1 rings (SSSR count). The number of aromatic amines is 1. The molecular formula is C9H15NO2. The summed E-state index contributed by atoms with van der Waals surface area (Å²) in [4.78, 5) is 12.8. The Morgan fingerprint density at radius 3 is 2.33 bits per heavy atom. The molecule has 1 heterocycles. The van der Waals surface area contributed by atoms with E-state index in [0.29, 0.717) is 5.69 Å². The second-order valence-corrected chi connectivity index (χ2v) is 2.29. The largest absolute Gasteiger partial charge is 0.385 e. The van der Waals surface area contributed by atoms with E-state index in [9.17, 15) is 4.79 Å². The molecule has 3 nitrogen and oxygen atoms in total. The minimum Gasteiger partial charge on any atom is -0.385 e. The molecule has 0 radical (unpaired) electrons. The monoisotopic (exact) mass is 169 g/mol. The Labute approximate surface area is 72.7 Å². The lowest BCUT2D eigenvalue weighted by molar-refractivity contribution is 0.111. The predicted octanol–water partition coefficient (Wildman–Crippen LogP) is 1.79. The molecule has 1 aromatic heterocycles. The first kappa shape index (κ1) is 10.9. The molecule has 12 heavy (non-hydrogen) atoms. The first-order valence-corrected chi connectivity index (χ1v) is 3.84. The molecule has 0 saturated carbocycles. The first-order valence-electron chi connectivity index (χ1n) is 3.84. The van der Waals surface area contributed by atoms with Gasteiger partial charge in [-0.05, 0) is 26.0 Å². The summed E-state index contributed by atoms with van der Waals surface area (Å²) in [7, 11) is 1.68. The van der Waals surface area contributed by atoms with Crippen molar-refractivity contribution in [3.05, 3.63) is 23.5 Å². The summed E-state index contributed by atoms with van der Waals surface area (Å²) in [5.41, 5.74) is 1.66. The van der Waals surface area contributed by atoms with Gasteiger partial charge in [-0.15, -0.1) is 0 Å². The number of methoxy groups -OCH3 is 1. The van der Waals surface area contributed by atoms with Crippen LogP contribution in [0.3, 0.4) is 0 Å². The Morgan fingerprint density at radius 2 is 2.17 bits per heavy atom. The van der Waals surface area contributed by atoms with Gasteiger partial charge in [0, 0.05) is 19.4 Å². The number of ether oxygens (including phenoxy) is 1. The molecule has 0 fully saturated rings. The maximum atomic E-state index is 9.99. The van der Waals surface area contributed by atoms with Crippen molar-refractivity contribution in [3.63, 3.8) is 0 Å². The number of hydrogen-bond donors (Lipinski definition) is 1. The number of carbonyl (C=O) groups excluding carboxylic acids is 1. The Bertz CT molecular complexity index is 216. The summed E-state index contributed by atoms with van der Waals surface area (Å²) in [6.45, 7) is 4.69. The van der Waals surface area contributed by atoms with Gasteiger partial charge >= 0.3 is 0 Å². The molecule has 0 amide bonds. The number of aryl methyl sites for hydroxylation is 1. The van der Waals surface area contributed by atoms with Crippen molar-refractivity contribution >= 4 is 6.29 Å². The maximum absolute atomic E-state index is 9.99. The minimum absolute atomic E-state index is 0.641. The highest BCUT2D eigenvalue weighted by molar-refractivity contribution is 5.71. The molecule has 0 aliphatic carbocycles. The van der Waals surface area contributed by atoms with Gasteiger partial charge in [0.2, 0.25) is 0 Å². The highest BCUT2D eigenvalue weighted by Gasteiger charge is 1.87. The van der Waals surface area contributed by atoms with E-state index in [-0.39, 0.29) is 0 Å². The SMILES string of the molecule is CCOC.Cc1ccc(C=O)[nH]1. The van der Waals surface area contributed by atoms with Gasteiger partial charge in [-0.25, -0.2) is 0 Å². The van der Waals surface area contributed by atoms with Crippen LogP contribution in [-0.4, -0.2) is 25.0 Å². The van der Waals surface area contributed by atoms with Crippen LogP contribution in [0.2, 0.25) is 0 Å². The number of aldehydes is 1. The number of rotatable bonds is 2. The van der Waals surface area contributed by atoms with Crippen LogP contribution >= 0.6 is 0 Å². The topological polar surface area (TPSA) is 42.1 Å². The standard InChI is InChI=1S/C6H7NO.C3H8O/c1-5-2-3-6(4-8)7-5;1-3-4-2/h2-4,7H,1H3;3H2,1-2H3. The zero-order valence-corrected chi connectivity index (χ0v) is 7.76. The van der Waals surface area contributed by atoms with Crippen LogP contribution in [-0.2, 0) is 4.74 Å². The van der Waals surface area contributed by atoms with Crippen LogP contribution in [0.5, 0.6) is 0 Å². The predicted molar refractivity (Wildman–Crippen MR) is 48.5 cm³/mol. The van der Waals surface area contributed by atoms with Gasteiger partial charge in [0.1, 0.15) is 0 Å². The third-order valence-electron chi connectivity index (χ3n) is 1.27. The third-order valence-corrected chi connectivity index (χ3v) is 1.27. The maximum Gasteiger partial charge on any atom is 0.166 e. The van der Waals surface area contributed by atoms with Crippen LogP contribution < -0.4 is 0 Å². The van der Waals surface area contributed by atoms with E-state index in [4.69, 9.17) is 0 Å². The zero-order valence-electron chi connectivity index (χ0n) is 7.76. The van der Waals surface area contributed by atoms with Crippen molar-refractivity contribution in [3.8, 4) is 0 Å². The molecule has 1 aromatic rings. The van der Waals surface area contributed by atoms with E-state index in [0.717, 1.165) is 18.6 Å². The molecule has 0 aromatic carbocycles. The van der Waals surface area contributed by atoms with Crippen molar-refractivity contribution in [1.82, 2.24) is 4.98 Å². The average molecular weight is 169 g/mol. The first-order chi connectivity index (χ1) is 5.74. The second kappa shape index (κ2) is 6.61. The number of carbonyl (C=O) groups is 1. The summed E-state index contributed by atoms with van der Waals surface area (Å²) >= 11 is 0. The van der Waals surface area contributed by atoms with Gasteiger partial charge < -0.3 is 9.72 Å². The van der Waals surface area contributed by atoms with Crippen molar-refractivity contribution in [2.24, 2.45) is 0 Å². The number of aromatic nitrogens is 1. The summed E-state index contributed by atoms with van der Waals surface area (Å²) in [6, 6.07) is 3.62. The lowest BCUT2D eigenvalue weighted by Gasteiger charge is -1.76. The Hall–Kier alpha value is -1.09. The van der Waals surface area contributed by atoms with Gasteiger partial charge in [0.15, 0.2) is 6.29 Å². The van der Waals surface area contributed by atoms with Gasteiger partial charge in [0.05, 0.1) is 5.69 Å². The molecule has 0 aliphatic rings. The number of hydrogen-bond acceptors (Lipinski definition) is 2. The molecule has 68 valence electrons. The summed E-state index contributed by atoms with van der Waals surface area (Å²) in [5, 5.41) is 0. The van der Waals surface area contributed by atoms with E-state index < -0.39 is 0 Å². The average Bonchev–Trinajstić information content (AvgIpc) is 2.52. The molecular weight excluding hydrogens is 154 g/mol. The van der Waals surface area contributed by atoms with E-state index in [1.165, 1.54) is 0 Å². The van der Waals surface area contributed by atoms with E-state index in [1.807, 2.05) is 19.9 Å². The number of H-pyrrole nitrogens is 1. The van der Waals surface area contributed by atoms with Crippen molar-refractivity contribution in [1.29, 1.82) is 0 Å². The molecule has 0 saturated heterocycles. The van der Waals surface area contributed by atoms with Crippen LogP contribution in [0.25, 0.3) is 0 Å². The Balaban J connectivity index is 0.000000261. The van der Waals surface area contributed by atoms with Crippen molar-refractivity contribution < 1.29 is 9.53 Å². The van der Waals surface area contributed by atoms with Gasteiger partial charge in [-0.3, -0.25) is 4.79 Å². The Morgan fingerprint density at radius 1 is 1.58 bits per heavy atom. The zero-order chi connectivity index (χ0) is 9.40. The fourth-order valence-electron chi connectivity index (χ4n) is 0.595. The smallest absolute Gasteiger partial charge is 0.166 e. The fourth-order valence-corrected chi connectivity index (χ4v) is 0.595. The second-order valence-electron chi connectivity index (χ2n) is 2.29. The lowest BCUT2D eigenvalue weighted by atomic mass is 10.5. The Kier molecular flexibility index (Phi) is 6.01. The molecule has 1 N–H and O–H groups in total. The fraction of sp³-hybridized carbons (Fsp3) is 0.444. The highest BCUT2D eigenvalue weighted by atomic mass is 16.5. The van der Waals surface area contributed by atoms with Crippen LogP contribution in [0.15, 0.2) is 12.1 Å². The summed E-state index contributed by atoms with van der Waals surface area (Å²) < 4.78 is 4.54. The normalized spacial score (nSPS) is 8.58. The molecule has 0 aliphatic heterocycles. The van der Waals surface area contributed by atoms with Gasteiger partial charge in [0.25, 0.3) is 0 Å². The van der Waals surface area contributed by atoms with Crippen LogP contribution in [0, 0.1) is 6.92 Å². The summed E-state index contributed by atoms with van der Waals surface area (Å²) in [6.07, 6.45) is 0.799. The van der Waals surface area contributed by atoms with Crippen molar-refractivity contribution in [2.75, 3.05) is 13.7 Å². The van der Waals surface area contributed by atoms with E-state index in [1.54, 1.807) is 13.2 Å². The quantitative estimate of drug-likeness (QED) is 0.686. The molecule has 0 unspecified atom stereocenters. The third kappa shape index (κ3) is 4.68. The van der Waals surface area contributed by atoms with Gasteiger partial charge in [-0.2, -0.15) is 0 Å². The minimum atomic E-state index is 0.641. The molecule has 0 atom stereocenters. The molecule has 0 bridgehead atoms. The van der Waals surface area contributed by atoms with E-state index in [2.05, 4.69) is 9.72 Å². The van der Waals surface area contributed by atoms with E-state index >= 15 is 0 Å². The lowest BCUT2D eigenvalue weighted by Crippen LogP contribution is -1.76. The molecule has 0 spiro atoms. The number of nitrogens with one attached hydrogen (secondary N) is 1. The van der Waals surface area contributed by atoms with Crippen molar-refractivity contribution in [2.45, 2.75) is 13.8 Å². The summed E-state index contributed by atoms with van der Waals surface area (Å²) in [5.74, 6) is 0. The van der Waals surface area contributed by atoms with Crippen LogP contribution in [0.4, 0.5) is 0 Å².